The fraction of sp³-hybridized carbons (Fsp3) is 0.350. The first kappa shape index (κ1) is 20.2. The van der Waals surface area contributed by atoms with E-state index >= 15 is 0 Å². The summed E-state index contributed by atoms with van der Waals surface area (Å²) in [6.45, 7) is 8.20. The third-order valence-corrected chi connectivity index (χ3v) is 4.01. The highest BCUT2D eigenvalue weighted by Gasteiger charge is 2.26. The van der Waals surface area contributed by atoms with Gasteiger partial charge in [0.05, 0.1) is 24.7 Å². The van der Waals surface area contributed by atoms with E-state index in [0.29, 0.717) is 12.3 Å². The quantitative estimate of drug-likeness (QED) is 0.593. The molecule has 2 aromatic carbocycles. The molecular weight excluding hydrogens is 348 g/mol. The van der Waals surface area contributed by atoms with Crippen LogP contribution in [0.4, 0.5) is 11.4 Å². The number of carbonyl (C=O) groups is 1. The van der Waals surface area contributed by atoms with E-state index in [1.54, 1.807) is 19.1 Å². The lowest BCUT2D eigenvalue weighted by Gasteiger charge is -2.23. The number of rotatable bonds is 6. The topological polar surface area (TPSA) is 90.7 Å². The molecule has 2 rings (SSSR count). The minimum atomic E-state index is -0.608. The minimum Gasteiger partial charge on any atom is -0.493 e. The molecule has 0 aliphatic carbocycles. The number of nitrogens with one attached hydrogen (secondary N) is 1. The summed E-state index contributed by atoms with van der Waals surface area (Å²) >= 11 is 0. The third kappa shape index (κ3) is 4.55. The Balaban J connectivity index is 2.50. The molecule has 1 N–H and O–H groups in total. The summed E-state index contributed by atoms with van der Waals surface area (Å²) in [5.74, 6) is -0.0999. The van der Waals surface area contributed by atoms with E-state index in [0.717, 1.165) is 5.56 Å². The van der Waals surface area contributed by atoms with Crippen LogP contribution in [0.5, 0.6) is 11.5 Å². The summed E-state index contributed by atoms with van der Waals surface area (Å²) in [4.78, 5) is 23.7. The summed E-state index contributed by atoms with van der Waals surface area (Å²) in [5, 5.41) is 14.3. The van der Waals surface area contributed by atoms with Crippen LogP contribution in [0, 0.1) is 10.1 Å². The Morgan fingerprint density at radius 1 is 1.19 bits per heavy atom. The number of anilines is 1. The van der Waals surface area contributed by atoms with Crippen molar-refractivity contribution in [3.05, 3.63) is 57.6 Å². The number of hydrogen-bond acceptors (Lipinski definition) is 5. The lowest BCUT2D eigenvalue weighted by atomic mass is 9.86. The van der Waals surface area contributed by atoms with Crippen LogP contribution < -0.4 is 14.8 Å². The number of para-hydroxylation sites is 1. The average molecular weight is 372 g/mol. The van der Waals surface area contributed by atoms with Crippen molar-refractivity contribution < 1.29 is 19.2 Å². The Morgan fingerprint density at radius 2 is 1.85 bits per heavy atom. The van der Waals surface area contributed by atoms with Gasteiger partial charge in [-0.05, 0) is 24.0 Å². The molecule has 2 aromatic rings. The number of nitro benzene ring substituents is 1. The van der Waals surface area contributed by atoms with E-state index in [1.165, 1.54) is 19.2 Å². The zero-order chi connectivity index (χ0) is 20.2. The van der Waals surface area contributed by atoms with Gasteiger partial charge in [-0.1, -0.05) is 39.0 Å². The number of carbonyl (C=O) groups excluding carboxylic acids is 1. The highest BCUT2D eigenvalue weighted by Crippen LogP contribution is 2.36. The van der Waals surface area contributed by atoms with Crippen LogP contribution in [-0.2, 0) is 5.41 Å². The fourth-order valence-corrected chi connectivity index (χ4v) is 2.75. The largest absolute Gasteiger partial charge is 0.493 e. The molecule has 7 nitrogen and oxygen atoms in total. The second kappa shape index (κ2) is 8.07. The van der Waals surface area contributed by atoms with E-state index in [9.17, 15) is 14.9 Å². The summed E-state index contributed by atoms with van der Waals surface area (Å²) in [6.07, 6.45) is 0. The average Bonchev–Trinajstić information content (AvgIpc) is 2.61. The molecule has 0 unspecified atom stereocenters. The molecule has 7 heteroatoms. The third-order valence-electron chi connectivity index (χ3n) is 4.01. The number of methoxy groups -OCH3 is 1. The molecule has 0 radical (unpaired) electrons. The maximum Gasteiger partial charge on any atom is 0.286 e. The molecule has 144 valence electrons. The molecule has 0 fully saturated rings. The van der Waals surface area contributed by atoms with E-state index in [1.807, 2.05) is 32.9 Å². The van der Waals surface area contributed by atoms with Crippen molar-refractivity contribution in [1.29, 1.82) is 0 Å². The van der Waals surface area contributed by atoms with Gasteiger partial charge in [0.25, 0.3) is 11.6 Å². The molecule has 0 atom stereocenters. The number of hydrogen-bond donors (Lipinski definition) is 1. The van der Waals surface area contributed by atoms with Gasteiger partial charge in [0.2, 0.25) is 0 Å². The standard InChI is InChI=1S/C20H24N2O5/c1-6-27-18-11-13(16(22(24)25)12-17(18)26-5)19(23)21-15-10-8-7-9-14(15)20(2,3)4/h7-12H,6H2,1-5H3,(H,21,23). The molecule has 27 heavy (non-hydrogen) atoms. The summed E-state index contributed by atoms with van der Waals surface area (Å²) in [6, 6.07) is 9.93. The smallest absolute Gasteiger partial charge is 0.286 e. The van der Waals surface area contributed by atoms with Crippen LogP contribution in [0.25, 0.3) is 0 Å². The van der Waals surface area contributed by atoms with E-state index < -0.39 is 10.8 Å². The number of amides is 1. The molecule has 0 aliphatic heterocycles. The van der Waals surface area contributed by atoms with Gasteiger partial charge in [0.15, 0.2) is 11.5 Å². The SMILES string of the molecule is CCOc1cc(C(=O)Nc2ccccc2C(C)(C)C)c([N+](=O)[O-])cc1OC. The number of nitrogens with zero attached hydrogens (tertiary/aromatic N) is 1. The molecule has 1 amide bonds. The molecule has 0 saturated carbocycles. The van der Waals surface area contributed by atoms with Crippen molar-refractivity contribution in [3.63, 3.8) is 0 Å². The van der Waals surface area contributed by atoms with Gasteiger partial charge in [0, 0.05) is 11.8 Å². The molecule has 0 heterocycles. The minimum absolute atomic E-state index is 0.0898. The molecule has 0 saturated heterocycles. The maximum atomic E-state index is 12.9. The highest BCUT2D eigenvalue weighted by atomic mass is 16.6. The molecule has 0 aliphatic rings. The number of ether oxygens (including phenoxy) is 2. The van der Waals surface area contributed by atoms with Crippen molar-refractivity contribution in [2.24, 2.45) is 0 Å². The van der Waals surface area contributed by atoms with Gasteiger partial charge in [-0.25, -0.2) is 0 Å². The van der Waals surface area contributed by atoms with Crippen molar-refractivity contribution in [2.75, 3.05) is 19.0 Å². The summed E-state index contributed by atoms with van der Waals surface area (Å²) in [7, 11) is 1.39. The zero-order valence-electron chi connectivity index (χ0n) is 16.2. The van der Waals surface area contributed by atoms with Crippen LogP contribution >= 0.6 is 0 Å². The first-order valence-corrected chi connectivity index (χ1v) is 8.59. The lowest BCUT2D eigenvalue weighted by Crippen LogP contribution is -2.19. The van der Waals surface area contributed by atoms with E-state index in [4.69, 9.17) is 9.47 Å². The van der Waals surface area contributed by atoms with E-state index in [2.05, 4.69) is 5.32 Å². The van der Waals surface area contributed by atoms with Crippen LogP contribution in [-0.4, -0.2) is 24.5 Å². The summed E-state index contributed by atoms with van der Waals surface area (Å²) in [5.41, 5.74) is 0.901. The fourth-order valence-electron chi connectivity index (χ4n) is 2.75. The molecular formula is C20H24N2O5. The van der Waals surface area contributed by atoms with Gasteiger partial charge in [-0.15, -0.1) is 0 Å². The Kier molecular flexibility index (Phi) is 6.05. The molecule has 0 bridgehead atoms. The van der Waals surface area contributed by atoms with Gasteiger partial charge in [-0.3, -0.25) is 14.9 Å². The number of benzene rings is 2. The Morgan fingerprint density at radius 3 is 2.41 bits per heavy atom. The van der Waals surface area contributed by atoms with Gasteiger partial charge in [-0.2, -0.15) is 0 Å². The van der Waals surface area contributed by atoms with Crippen LogP contribution in [0.2, 0.25) is 0 Å². The van der Waals surface area contributed by atoms with Crippen molar-refractivity contribution in [2.45, 2.75) is 33.1 Å². The normalized spacial score (nSPS) is 11.0. The summed E-state index contributed by atoms with van der Waals surface area (Å²) < 4.78 is 10.6. The van der Waals surface area contributed by atoms with Crippen LogP contribution in [0.3, 0.4) is 0 Å². The number of nitro groups is 1. The van der Waals surface area contributed by atoms with E-state index in [-0.39, 0.29) is 28.2 Å². The molecule has 0 aromatic heterocycles. The Hall–Kier alpha value is -3.09. The second-order valence-electron chi connectivity index (χ2n) is 6.96. The molecule has 0 spiro atoms. The maximum absolute atomic E-state index is 12.9. The van der Waals surface area contributed by atoms with Gasteiger partial charge in [0.1, 0.15) is 5.56 Å². The van der Waals surface area contributed by atoms with Crippen molar-refractivity contribution in [1.82, 2.24) is 0 Å². The zero-order valence-corrected chi connectivity index (χ0v) is 16.2. The van der Waals surface area contributed by atoms with Crippen molar-refractivity contribution in [3.8, 4) is 11.5 Å². The highest BCUT2D eigenvalue weighted by molar-refractivity contribution is 6.08. The second-order valence-corrected chi connectivity index (χ2v) is 6.96. The first-order valence-electron chi connectivity index (χ1n) is 8.59. The van der Waals surface area contributed by atoms with Crippen LogP contribution in [0.1, 0.15) is 43.6 Å². The first-order chi connectivity index (χ1) is 12.7. The van der Waals surface area contributed by atoms with Gasteiger partial charge >= 0.3 is 0 Å². The van der Waals surface area contributed by atoms with Crippen LogP contribution in [0.15, 0.2) is 36.4 Å². The Bertz CT molecular complexity index is 856. The lowest BCUT2D eigenvalue weighted by molar-refractivity contribution is -0.385. The van der Waals surface area contributed by atoms with Crippen molar-refractivity contribution >= 4 is 17.3 Å². The monoisotopic (exact) mass is 372 g/mol. The predicted molar refractivity (Wildman–Crippen MR) is 104 cm³/mol. The predicted octanol–water partition coefficient (Wildman–Crippen LogP) is 4.55. The van der Waals surface area contributed by atoms with Gasteiger partial charge < -0.3 is 14.8 Å². The Labute approximate surface area is 158 Å².